The minimum Gasteiger partial charge on any atom is -0.496 e. The molecule has 2 bridgehead atoms. The molecule has 1 saturated carbocycles. The van der Waals surface area contributed by atoms with Crippen molar-refractivity contribution in [2.75, 3.05) is 12.4 Å². The molecular formula is C28H22F4N2O7S2. The lowest BCUT2D eigenvalue weighted by molar-refractivity contribution is -0.121. The number of ether oxygens (including phenoxy) is 1. The average Bonchev–Trinajstić information content (AvgIpc) is 3.69. The second-order valence-electron chi connectivity index (χ2n) is 9.98. The zero-order valence-electron chi connectivity index (χ0n) is 22.0. The minimum absolute atomic E-state index is 0.0285. The maximum absolute atomic E-state index is 14.9. The zero-order chi connectivity index (χ0) is 31.3. The summed E-state index contributed by atoms with van der Waals surface area (Å²) >= 11 is 0.975. The van der Waals surface area contributed by atoms with Gasteiger partial charge in [-0.1, -0.05) is 18.2 Å². The highest BCUT2D eigenvalue weighted by Gasteiger charge is 2.49. The molecule has 15 heteroatoms. The van der Waals surface area contributed by atoms with Crippen LogP contribution < -0.4 is 15.4 Å². The van der Waals surface area contributed by atoms with Gasteiger partial charge < -0.3 is 20.5 Å². The van der Waals surface area contributed by atoms with Crippen molar-refractivity contribution in [2.24, 2.45) is 17.8 Å². The molecule has 0 aliphatic heterocycles. The predicted octanol–water partition coefficient (Wildman–Crippen LogP) is 5.11. The molecule has 43 heavy (non-hydrogen) atoms. The summed E-state index contributed by atoms with van der Waals surface area (Å²) in [6.45, 7) is 0. The number of sulfone groups is 1. The van der Waals surface area contributed by atoms with Crippen molar-refractivity contribution in [1.82, 2.24) is 5.32 Å². The predicted molar refractivity (Wildman–Crippen MR) is 147 cm³/mol. The molecule has 4 atom stereocenters. The van der Waals surface area contributed by atoms with E-state index in [1.54, 1.807) is 6.08 Å². The number of carbonyl (C=O) groups excluding carboxylic acids is 2. The smallest absolute Gasteiger partial charge is 0.496 e. The van der Waals surface area contributed by atoms with Crippen molar-refractivity contribution in [3.63, 3.8) is 0 Å². The second kappa shape index (κ2) is 11.1. The highest BCUT2D eigenvalue weighted by Crippen LogP contribution is 2.45. The Morgan fingerprint density at radius 1 is 1.07 bits per heavy atom. The van der Waals surface area contributed by atoms with Gasteiger partial charge in [0.25, 0.3) is 15.7 Å². The summed E-state index contributed by atoms with van der Waals surface area (Å²) < 4.78 is 82.9. The summed E-state index contributed by atoms with van der Waals surface area (Å²) in [4.78, 5) is 37.4. The minimum atomic E-state index is -5.64. The Morgan fingerprint density at radius 3 is 2.44 bits per heavy atom. The number of rotatable bonds is 8. The van der Waals surface area contributed by atoms with E-state index in [1.165, 1.54) is 30.7 Å². The van der Waals surface area contributed by atoms with Gasteiger partial charge in [-0.05, 0) is 48.6 Å². The van der Waals surface area contributed by atoms with Crippen LogP contribution in [-0.4, -0.2) is 50.0 Å². The van der Waals surface area contributed by atoms with Crippen molar-refractivity contribution >= 4 is 44.6 Å². The highest BCUT2D eigenvalue weighted by molar-refractivity contribution is 7.92. The van der Waals surface area contributed by atoms with Gasteiger partial charge in [0.2, 0.25) is 5.91 Å². The maximum Gasteiger partial charge on any atom is 0.501 e. The third kappa shape index (κ3) is 5.61. The van der Waals surface area contributed by atoms with Gasteiger partial charge in [0.05, 0.1) is 29.1 Å². The number of carboxylic acid groups (broad SMARTS) is 1. The van der Waals surface area contributed by atoms with Crippen LogP contribution in [-0.2, 0) is 14.6 Å². The van der Waals surface area contributed by atoms with Crippen LogP contribution in [0.3, 0.4) is 0 Å². The number of anilines is 1. The van der Waals surface area contributed by atoms with Gasteiger partial charge in [0, 0.05) is 33.6 Å². The SMILES string of the molecule is COc1cc(F)c(-c2cc(C(=O)O)cs2)cc1C(=O)NC1C2C=CC(C2)C1C(=O)Nc1cccc(S(=O)(=O)C(F)(F)F)c1. The lowest BCUT2D eigenvalue weighted by atomic mass is 9.87. The van der Waals surface area contributed by atoms with Crippen molar-refractivity contribution < 1.29 is 50.2 Å². The van der Waals surface area contributed by atoms with Crippen LogP contribution >= 0.6 is 11.3 Å². The number of fused-ring (bicyclic) bond motifs is 2. The summed E-state index contributed by atoms with van der Waals surface area (Å²) in [5.74, 6) is -4.82. The van der Waals surface area contributed by atoms with E-state index < -0.39 is 55.8 Å². The molecule has 0 saturated heterocycles. The Morgan fingerprint density at radius 2 is 1.79 bits per heavy atom. The van der Waals surface area contributed by atoms with Gasteiger partial charge in [-0.3, -0.25) is 9.59 Å². The van der Waals surface area contributed by atoms with E-state index in [2.05, 4.69) is 10.6 Å². The first-order valence-electron chi connectivity index (χ1n) is 12.6. The molecule has 1 heterocycles. The van der Waals surface area contributed by atoms with Crippen LogP contribution in [0.15, 0.2) is 64.9 Å². The molecule has 2 aromatic carbocycles. The van der Waals surface area contributed by atoms with Gasteiger partial charge in [-0.25, -0.2) is 17.6 Å². The number of carboxylic acids is 1. The molecule has 3 aromatic rings. The topological polar surface area (TPSA) is 139 Å². The highest BCUT2D eigenvalue weighted by atomic mass is 32.2. The summed E-state index contributed by atoms with van der Waals surface area (Å²) in [6.07, 6.45) is 4.14. The average molecular weight is 639 g/mol. The van der Waals surface area contributed by atoms with Gasteiger partial charge in [0.15, 0.2) is 0 Å². The zero-order valence-corrected chi connectivity index (χ0v) is 23.6. The number of carbonyl (C=O) groups is 3. The number of benzene rings is 2. The van der Waals surface area contributed by atoms with E-state index in [-0.39, 0.29) is 44.8 Å². The normalized spacial score (nSPS) is 21.0. The molecule has 9 nitrogen and oxygen atoms in total. The number of aromatic carboxylic acids is 1. The summed E-state index contributed by atoms with van der Waals surface area (Å²) in [5, 5.41) is 15.8. The van der Waals surface area contributed by atoms with Crippen LogP contribution in [0.2, 0.25) is 0 Å². The van der Waals surface area contributed by atoms with Gasteiger partial charge in [0.1, 0.15) is 11.6 Å². The standard InChI is InChI=1S/C28H22F4N2O7S2/c1-41-21-11-20(29)18(22-8-15(12-42-22)27(37)38)10-19(21)25(35)34-24-14-6-5-13(7-14)23(24)26(36)33-16-3-2-4-17(9-16)43(39,40)28(30,31)32/h2-6,8-14,23-24H,7H2,1H3,(H,33,36)(H,34,35)(H,37,38). The van der Waals surface area contributed by atoms with Crippen molar-refractivity contribution in [3.8, 4) is 16.2 Å². The van der Waals surface area contributed by atoms with Crippen LogP contribution in [0.4, 0.5) is 23.2 Å². The van der Waals surface area contributed by atoms with Crippen molar-refractivity contribution in [2.45, 2.75) is 22.9 Å². The van der Waals surface area contributed by atoms with E-state index >= 15 is 0 Å². The molecule has 0 radical (unpaired) electrons. The number of amides is 2. The van der Waals surface area contributed by atoms with Crippen molar-refractivity contribution in [1.29, 1.82) is 0 Å². The molecule has 2 amide bonds. The molecule has 1 aromatic heterocycles. The lowest BCUT2D eigenvalue weighted by Crippen LogP contribution is -2.47. The van der Waals surface area contributed by atoms with E-state index in [9.17, 15) is 45.5 Å². The largest absolute Gasteiger partial charge is 0.501 e. The fraction of sp³-hybridized carbons (Fsp3) is 0.250. The lowest BCUT2D eigenvalue weighted by Gasteiger charge is -2.28. The molecular weight excluding hydrogens is 616 g/mol. The van der Waals surface area contributed by atoms with Gasteiger partial charge >= 0.3 is 11.5 Å². The van der Waals surface area contributed by atoms with E-state index in [0.29, 0.717) is 12.5 Å². The number of allylic oxidation sites excluding steroid dienone is 1. The third-order valence-corrected chi connectivity index (χ3v) is 9.87. The summed E-state index contributed by atoms with van der Waals surface area (Å²) in [6, 6.07) is 6.53. The number of hydrogen-bond donors (Lipinski definition) is 3. The van der Waals surface area contributed by atoms with Crippen LogP contribution in [0.5, 0.6) is 5.75 Å². The molecule has 2 aliphatic carbocycles. The number of hydrogen-bond acceptors (Lipinski definition) is 7. The number of alkyl halides is 3. The molecule has 226 valence electrons. The maximum atomic E-state index is 14.9. The molecule has 0 spiro atoms. The Balaban J connectivity index is 1.40. The fourth-order valence-corrected chi connectivity index (χ4v) is 7.09. The molecule has 3 N–H and O–H groups in total. The van der Waals surface area contributed by atoms with E-state index in [4.69, 9.17) is 4.74 Å². The monoisotopic (exact) mass is 638 g/mol. The molecule has 4 unspecified atom stereocenters. The summed E-state index contributed by atoms with van der Waals surface area (Å²) in [7, 11) is -4.40. The Labute approximate surface area is 246 Å². The third-order valence-electron chi connectivity index (χ3n) is 7.42. The van der Waals surface area contributed by atoms with Crippen molar-refractivity contribution in [3.05, 3.63) is 76.9 Å². The number of halogens is 4. The Hall–Kier alpha value is -4.24. The first-order chi connectivity index (χ1) is 20.2. The van der Waals surface area contributed by atoms with Gasteiger partial charge in [-0.2, -0.15) is 13.2 Å². The second-order valence-corrected chi connectivity index (χ2v) is 12.8. The summed E-state index contributed by atoms with van der Waals surface area (Å²) in [5.41, 5.74) is -5.84. The number of thiophene rings is 1. The quantitative estimate of drug-likeness (QED) is 0.230. The Bertz CT molecular complexity index is 1770. The first-order valence-corrected chi connectivity index (χ1v) is 15.0. The fourth-order valence-electron chi connectivity index (χ4n) is 5.39. The molecule has 2 aliphatic rings. The molecule has 1 fully saturated rings. The van der Waals surface area contributed by atoms with E-state index in [1.807, 2.05) is 6.08 Å². The van der Waals surface area contributed by atoms with Crippen LogP contribution in [0.25, 0.3) is 10.4 Å². The van der Waals surface area contributed by atoms with Crippen LogP contribution in [0.1, 0.15) is 27.1 Å². The number of nitrogens with one attached hydrogen (secondary N) is 2. The first kappa shape index (κ1) is 30.2. The van der Waals surface area contributed by atoms with Crippen LogP contribution in [0, 0.1) is 23.6 Å². The number of methoxy groups -OCH3 is 1. The van der Waals surface area contributed by atoms with E-state index in [0.717, 1.165) is 29.5 Å². The Kier molecular flexibility index (Phi) is 7.81. The van der Waals surface area contributed by atoms with Gasteiger partial charge in [-0.15, -0.1) is 11.3 Å². The molecule has 5 rings (SSSR count).